The highest BCUT2D eigenvalue weighted by molar-refractivity contribution is 5.13. The van der Waals surface area contributed by atoms with Gasteiger partial charge in [0.15, 0.2) is 0 Å². The Balaban J connectivity index is 1.73. The van der Waals surface area contributed by atoms with Gasteiger partial charge in [-0.1, -0.05) is 107 Å². The molecule has 1 aromatic rings. The number of hydrogen-bond donors (Lipinski definition) is 0. The van der Waals surface area contributed by atoms with E-state index in [0.717, 1.165) is 13.2 Å². The predicted octanol–water partition coefficient (Wildman–Crippen LogP) is 8.24. The van der Waals surface area contributed by atoms with Crippen LogP contribution >= 0.6 is 0 Å². The smallest absolute Gasteiger partial charge is 0.0716 e. The Kier molecular flexibility index (Phi) is 16.5. The van der Waals surface area contributed by atoms with Crippen molar-refractivity contribution in [2.24, 2.45) is 0 Å². The van der Waals surface area contributed by atoms with Crippen LogP contribution in [0.15, 0.2) is 42.5 Å². The Morgan fingerprint density at radius 1 is 0.654 bits per heavy atom. The highest BCUT2D eigenvalue weighted by Crippen LogP contribution is 2.10. The van der Waals surface area contributed by atoms with Crippen molar-refractivity contribution in [2.75, 3.05) is 6.61 Å². The van der Waals surface area contributed by atoms with Gasteiger partial charge in [-0.2, -0.15) is 0 Å². The van der Waals surface area contributed by atoms with E-state index in [4.69, 9.17) is 4.74 Å². The molecule has 0 aliphatic rings. The lowest BCUT2D eigenvalue weighted by Crippen LogP contribution is -1.95. The molecule has 0 heterocycles. The van der Waals surface area contributed by atoms with Crippen molar-refractivity contribution in [3.8, 4) is 0 Å². The molecule has 1 aromatic carbocycles. The van der Waals surface area contributed by atoms with Gasteiger partial charge in [-0.25, -0.2) is 0 Å². The summed E-state index contributed by atoms with van der Waals surface area (Å²) in [4.78, 5) is 0. The van der Waals surface area contributed by atoms with E-state index in [-0.39, 0.29) is 0 Å². The minimum absolute atomic E-state index is 0.756. The van der Waals surface area contributed by atoms with Crippen molar-refractivity contribution in [3.63, 3.8) is 0 Å². The number of hydrogen-bond acceptors (Lipinski definition) is 1. The van der Waals surface area contributed by atoms with Crippen LogP contribution < -0.4 is 0 Å². The molecular weight excluding hydrogens is 316 g/mol. The van der Waals surface area contributed by atoms with Gasteiger partial charge in [0.25, 0.3) is 0 Å². The molecule has 0 aliphatic heterocycles. The second-order valence-electron chi connectivity index (χ2n) is 7.48. The molecule has 0 N–H and O–H groups in total. The number of rotatable bonds is 18. The van der Waals surface area contributed by atoms with Crippen LogP contribution in [-0.2, 0) is 11.3 Å². The molecule has 0 atom stereocenters. The Labute approximate surface area is 163 Å². The zero-order valence-electron chi connectivity index (χ0n) is 17.3. The Morgan fingerprint density at radius 3 is 1.81 bits per heavy atom. The van der Waals surface area contributed by atoms with Crippen LogP contribution in [-0.4, -0.2) is 6.61 Å². The van der Waals surface area contributed by atoms with Crippen LogP contribution in [0.3, 0.4) is 0 Å². The Morgan fingerprint density at radius 2 is 1.19 bits per heavy atom. The summed E-state index contributed by atoms with van der Waals surface area (Å²) in [7, 11) is 0. The Hall–Kier alpha value is -1.08. The maximum atomic E-state index is 5.73. The first-order chi connectivity index (χ1) is 12.9. The third-order valence-electron chi connectivity index (χ3n) is 4.91. The molecule has 0 amide bonds. The minimum atomic E-state index is 0.756. The molecule has 0 saturated heterocycles. The second kappa shape index (κ2) is 18.7. The lowest BCUT2D eigenvalue weighted by Gasteiger charge is -2.04. The summed E-state index contributed by atoms with van der Waals surface area (Å²) in [6.07, 6.45) is 23.8. The van der Waals surface area contributed by atoms with Crippen LogP contribution in [0.1, 0.15) is 102 Å². The molecule has 1 rings (SSSR count). The number of ether oxygens (including phenoxy) is 1. The van der Waals surface area contributed by atoms with E-state index < -0.39 is 0 Å². The van der Waals surface area contributed by atoms with E-state index in [9.17, 15) is 0 Å². The van der Waals surface area contributed by atoms with Gasteiger partial charge in [0.1, 0.15) is 0 Å². The first-order valence-electron chi connectivity index (χ1n) is 11.2. The van der Waals surface area contributed by atoms with E-state index in [1.54, 1.807) is 0 Å². The summed E-state index contributed by atoms with van der Waals surface area (Å²) in [6, 6.07) is 10.4. The number of unbranched alkanes of at least 4 members (excludes halogenated alkanes) is 12. The van der Waals surface area contributed by atoms with Gasteiger partial charge in [-0.05, 0) is 37.7 Å². The summed E-state index contributed by atoms with van der Waals surface area (Å²) >= 11 is 0. The molecule has 0 unspecified atom stereocenters. The molecule has 0 bridgehead atoms. The third-order valence-corrected chi connectivity index (χ3v) is 4.91. The van der Waals surface area contributed by atoms with Crippen LogP contribution in [0.4, 0.5) is 0 Å². The van der Waals surface area contributed by atoms with Crippen molar-refractivity contribution >= 4 is 0 Å². The predicted molar refractivity (Wildman–Crippen MR) is 116 cm³/mol. The summed E-state index contributed by atoms with van der Waals surface area (Å²) < 4.78 is 5.73. The number of allylic oxidation sites excluding steroid dienone is 2. The maximum absolute atomic E-state index is 5.73. The van der Waals surface area contributed by atoms with Crippen molar-refractivity contribution in [1.82, 2.24) is 0 Å². The van der Waals surface area contributed by atoms with Crippen molar-refractivity contribution in [3.05, 3.63) is 48.0 Å². The zero-order chi connectivity index (χ0) is 18.5. The normalized spacial score (nSPS) is 11.4. The van der Waals surface area contributed by atoms with Gasteiger partial charge < -0.3 is 4.74 Å². The quantitative estimate of drug-likeness (QED) is 0.190. The largest absolute Gasteiger partial charge is 0.377 e. The average Bonchev–Trinajstić information content (AvgIpc) is 2.68. The van der Waals surface area contributed by atoms with Crippen LogP contribution in [0.25, 0.3) is 0 Å². The molecule has 0 fully saturated rings. The molecule has 1 heteroatoms. The molecule has 0 spiro atoms. The van der Waals surface area contributed by atoms with E-state index >= 15 is 0 Å². The first-order valence-corrected chi connectivity index (χ1v) is 11.2. The number of benzene rings is 1. The molecule has 0 saturated carbocycles. The average molecular weight is 359 g/mol. The fourth-order valence-corrected chi connectivity index (χ4v) is 3.22. The first kappa shape index (κ1) is 23.0. The molecule has 0 radical (unpaired) electrons. The molecule has 0 aliphatic carbocycles. The highest BCUT2D eigenvalue weighted by atomic mass is 16.5. The molecular formula is C25H42O. The SMILES string of the molecule is CCCCCCCCC=CCCCCCCCCOCc1ccccc1. The van der Waals surface area contributed by atoms with Gasteiger partial charge in [0, 0.05) is 6.61 Å². The maximum Gasteiger partial charge on any atom is 0.0716 e. The third kappa shape index (κ3) is 15.2. The summed E-state index contributed by atoms with van der Waals surface area (Å²) in [5.74, 6) is 0. The van der Waals surface area contributed by atoms with E-state index in [2.05, 4.69) is 49.4 Å². The lowest BCUT2D eigenvalue weighted by molar-refractivity contribution is 0.116. The van der Waals surface area contributed by atoms with Gasteiger partial charge in [0.2, 0.25) is 0 Å². The van der Waals surface area contributed by atoms with E-state index in [0.29, 0.717) is 0 Å². The van der Waals surface area contributed by atoms with Gasteiger partial charge in [0.05, 0.1) is 6.61 Å². The van der Waals surface area contributed by atoms with Crippen molar-refractivity contribution in [1.29, 1.82) is 0 Å². The summed E-state index contributed by atoms with van der Waals surface area (Å²) in [6.45, 7) is 3.94. The van der Waals surface area contributed by atoms with Gasteiger partial charge >= 0.3 is 0 Å². The zero-order valence-corrected chi connectivity index (χ0v) is 17.3. The molecule has 0 aromatic heterocycles. The fourth-order valence-electron chi connectivity index (χ4n) is 3.22. The fraction of sp³-hybridized carbons (Fsp3) is 0.680. The van der Waals surface area contributed by atoms with Crippen LogP contribution in [0.5, 0.6) is 0 Å². The lowest BCUT2D eigenvalue weighted by atomic mass is 10.1. The standard InChI is InChI=1S/C25H42O/c1-2-3-4-5-6-7-8-9-10-11-12-13-14-15-16-20-23-26-24-25-21-18-17-19-22-25/h9-10,17-19,21-22H,2-8,11-16,20,23-24H2,1H3. The minimum Gasteiger partial charge on any atom is -0.377 e. The van der Waals surface area contributed by atoms with Crippen molar-refractivity contribution < 1.29 is 4.74 Å². The topological polar surface area (TPSA) is 9.23 Å². The molecule has 148 valence electrons. The molecule has 26 heavy (non-hydrogen) atoms. The summed E-state index contributed by atoms with van der Waals surface area (Å²) in [5.41, 5.74) is 1.28. The van der Waals surface area contributed by atoms with Gasteiger partial charge in [-0.15, -0.1) is 0 Å². The van der Waals surface area contributed by atoms with Crippen LogP contribution in [0, 0.1) is 0 Å². The monoisotopic (exact) mass is 358 g/mol. The van der Waals surface area contributed by atoms with Crippen LogP contribution in [0.2, 0.25) is 0 Å². The van der Waals surface area contributed by atoms with E-state index in [1.807, 2.05) is 0 Å². The van der Waals surface area contributed by atoms with Crippen molar-refractivity contribution in [2.45, 2.75) is 103 Å². The van der Waals surface area contributed by atoms with Gasteiger partial charge in [-0.3, -0.25) is 0 Å². The Bertz CT molecular complexity index is 409. The van der Waals surface area contributed by atoms with E-state index in [1.165, 1.54) is 95.5 Å². The molecule has 1 nitrogen and oxygen atoms in total. The second-order valence-corrected chi connectivity index (χ2v) is 7.48. The summed E-state index contributed by atoms with van der Waals surface area (Å²) in [5, 5.41) is 0. The highest BCUT2D eigenvalue weighted by Gasteiger charge is 1.94.